The molecule has 2 aliphatic rings. The number of nitrogens with two attached hydrogens (primary N) is 1. The van der Waals surface area contributed by atoms with Gasteiger partial charge in [-0.25, -0.2) is 27.3 Å². The molecule has 0 aliphatic carbocycles. The number of H-pyrrole nitrogens is 1. The number of nitrogens with one attached hydrogen (secondary N) is 2. The van der Waals surface area contributed by atoms with Gasteiger partial charge in [0.25, 0.3) is 5.91 Å². The van der Waals surface area contributed by atoms with E-state index in [9.17, 15) is 22.8 Å². The van der Waals surface area contributed by atoms with E-state index in [0.29, 0.717) is 77.9 Å². The molecule has 5 rings (SSSR count). The number of hydrogen-bond acceptors (Lipinski definition) is 8. The van der Waals surface area contributed by atoms with Crippen molar-refractivity contribution >= 4 is 51.2 Å². The summed E-state index contributed by atoms with van der Waals surface area (Å²) < 4.78 is 35.7. The number of methoxy groups -OCH3 is 1. The van der Waals surface area contributed by atoms with Crippen LogP contribution in [0, 0.1) is 11.8 Å². The minimum Gasteiger partial charge on any atom is -0.453 e. The van der Waals surface area contributed by atoms with E-state index in [-0.39, 0.29) is 23.6 Å². The molecule has 0 unspecified atom stereocenters. The van der Waals surface area contributed by atoms with Crippen LogP contribution in [0.5, 0.6) is 0 Å². The van der Waals surface area contributed by atoms with Crippen LogP contribution in [-0.4, -0.2) is 90.1 Å². The van der Waals surface area contributed by atoms with Crippen LogP contribution in [0.2, 0.25) is 5.15 Å². The number of halogens is 1. The zero-order valence-electron chi connectivity index (χ0n) is 28.6. The van der Waals surface area contributed by atoms with Crippen molar-refractivity contribution in [1.29, 1.82) is 0 Å². The average molecular weight is 728 g/mol. The molecule has 3 heterocycles. The summed E-state index contributed by atoms with van der Waals surface area (Å²) in [4.78, 5) is 51.5. The quantitative estimate of drug-likeness (QED) is 0.211. The number of hydrogen-bond donors (Lipinski definition) is 3. The maximum Gasteiger partial charge on any atom is 0.436 e. The molecule has 2 atom stereocenters. The number of likely N-dealkylation sites (tertiary alicyclic amines) is 1. The van der Waals surface area contributed by atoms with E-state index in [1.165, 1.54) is 17.7 Å². The second-order valence-electron chi connectivity index (χ2n) is 13.5. The highest BCUT2D eigenvalue weighted by atomic mass is 35.5. The Labute approximate surface area is 296 Å². The lowest BCUT2D eigenvalue weighted by Crippen LogP contribution is -2.40. The summed E-state index contributed by atoms with van der Waals surface area (Å²) in [6.45, 7) is 6.50. The zero-order valence-corrected chi connectivity index (χ0v) is 30.2. The Balaban J connectivity index is 1.40. The van der Waals surface area contributed by atoms with Crippen LogP contribution in [0.1, 0.15) is 67.8 Å². The SMILES string of the molecule is COC(=O)Nc1ccc(-c2nc([C@@H]3C[C@H](C4CCN(S(C)(=O)=O)CC4)CN3C(=O)c3ccc(C(N)=NC(=O)OC(C)(C)C)cc3)[nH]c2Cl)cc1. The average Bonchev–Trinajstić information content (AvgIpc) is 3.67. The van der Waals surface area contributed by atoms with Crippen molar-refractivity contribution in [3.05, 3.63) is 70.6 Å². The predicted molar refractivity (Wildman–Crippen MR) is 189 cm³/mol. The van der Waals surface area contributed by atoms with Crippen LogP contribution in [-0.2, 0) is 19.5 Å². The van der Waals surface area contributed by atoms with E-state index in [0.717, 1.165) is 0 Å². The monoisotopic (exact) mass is 727 g/mol. The van der Waals surface area contributed by atoms with E-state index in [1.54, 1.807) is 74.2 Å². The van der Waals surface area contributed by atoms with Crippen molar-refractivity contribution < 1.29 is 32.3 Å². The number of carbonyl (C=O) groups excluding carboxylic acids is 3. The number of ether oxygens (including phenoxy) is 2. The van der Waals surface area contributed by atoms with Crippen LogP contribution in [0.25, 0.3) is 11.3 Å². The fourth-order valence-corrected chi connectivity index (χ4v) is 7.49. The van der Waals surface area contributed by atoms with Crippen molar-refractivity contribution in [2.24, 2.45) is 22.6 Å². The van der Waals surface area contributed by atoms with Gasteiger partial charge >= 0.3 is 12.2 Å². The number of aromatic amines is 1. The third-order valence-electron chi connectivity index (χ3n) is 8.85. The molecular weight excluding hydrogens is 686 g/mol. The number of nitrogens with zero attached hydrogens (tertiary/aromatic N) is 4. The Morgan fingerprint density at radius 1 is 1.02 bits per heavy atom. The van der Waals surface area contributed by atoms with Crippen LogP contribution < -0.4 is 11.1 Å². The van der Waals surface area contributed by atoms with E-state index in [1.807, 2.05) is 0 Å². The molecule has 268 valence electrons. The molecule has 3 amide bonds. The number of aromatic nitrogens is 2. The van der Waals surface area contributed by atoms with E-state index >= 15 is 0 Å². The first-order valence-electron chi connectivity index (χ1n) is 16.2. The molecule has 50 heavy (non-hydrogen) atoms. The Kier molecular flexibility index (Phi) is 10.9. The van der Waals surface area contributed by atoms with Gasteiger partial charge in [-0.1, -0.05) is 35.9 Å². The topological polar surface area (TPSA) is 189 Å². The van der Waals surface area contributed by atoms with Crippen LogP contribution in [0.15, 0.2) is 53.5 Å². The summed E-state index contributed by atoms with van der Waals surface area (Å²) in [5.74, 6) is 0.561. The van der Waals surface area contributed by atoms with Crippen molar-refractivity contribution in [1.82, 2.24) is 19.2 Å². The van der Waals surface area contributed by atoms with E-state index < -0.39 is 33.9 Å². The standard InChI is InChI=1S/C34H42ClN7O7S/c1-34(2,3)49-33(45)40-29(36)22-6-8-23(9-7-22)31(43)42-19-24(20-14-16-41(17-15-20)50(5,46)47)18-26(42)30-38-27(28(35)39-30)21-10-12-25(13-11-21)37-32(44)48-4/h6-13,20,24,26H,14-19H2,1-5H3,(H,37,44)(H,38,39)(H2,36,40,45)/t24-,26-/m0/s1. The van der Waals surface area contributed by atoms with E-state index in [4.69, 9.17) is 27.1 Å². The van der Waals surface area contributed by atoms with Gasteiger partial charge in [0.2, 0.25) is 10.0 Å². The summed E-state index contributed by atoms with van der Waals surface area (Å²) in [5.41, 5.74) is 7.93. The number of piperidine rings is 1. The highest BCUT2D eigenvalue weighted by Gasteiger charge is 2.43. The number of sulfonamides is 1. The van der Waals surface area contributed by atoms with Gasteiger partial charge in [-0.3, -0.25) is 10.1 Å². The number of anilines is 1. The third-order valence-corrected chi connectivity index (χ3v) is 10.4. The number of amides is 3. The lowest BCUT2D eigenvalue weighted by atomic mass is 9.83. The number of imidazole rings is 1. The summed E-state index contributed by atoms with van der Waals surface area (Å²) in [5, 5.41) is 2.91. The molecule has 0 radical (unpaired) electrons. The second kappa shape index (κ2) is 14.8. The minimum atomic E-state index is -3.28. The van der Waals surface area contributed by atoms with Gasteiger partial charge in [-0.2, -0.15) is 4.99 Å². The molecule has 4 N–H and O–H groups in total. The highest BCUT2D eigenvalue weighted by Crippen LogP contribution is 2.43. The van der Waals surface area contributed by atoms with Crippen molar-refractivity contribution in [2.45, 2.75) is 51.7 Å². The summed E-state index contributed by atoms with van der Waals surface area (Å²) >= 11 is 6.68. The first-order chi connectivity index (χ1) is 23.5. The Morgan fingerprint density at radius 2 is 1.64 bits per heavy atom. The van der Waals surface area contributed by atoms with Gasteiger partial charge in [-0.05, 0) is 76.1 Å². The molecule has 16 heteroatoms. The molecule has 2 aromatic carbocycles. The third kappa shape index (κ3) is 8.81. The number of aliphatic imine (C=N–C) groups is 1. The smallest absolute Gasteiger partial charge is 0.436 e. The molecule has 1 aromatic heterocycles. The van der Waals surface area contributed by atoms with Gasteiger partial charge in [0.1, 0.15) is 28.1 Å². The number of amidine groups is 1. The van der Waals surface area contributed by atoms with Crippen LogP contribution in [0.4, 0.5) is 15.3 Å². The lowest BCUT2D eigenvalue weighted by molar-refractivity contribution is 0.0603. The highest BCUT2D eigenvalue weighted by molar-refractivity contribution is 7.88. The number of benzene rings is 2. The molecule has 0 spiro atoms. The molecule has 14 nitrogen and oxygen atoms in total. The zero-order chi connectivity index (χ0) is 36.4. The minimum absolute atomic E-state index is 0.0373. The van der Waals surface area contributed by atoms with E-state index in [2.05, 4.69) is 20.0 Å². The van der Waals surface area contributed by atoms with Gasteiger partial charge in [0.05, 0.1) is 19.4 Å². The first kappa shape index (κ1) is 36.8. The van der Waals surface area contributed by atoms with Crippen LogP contribution in [0.3, 0.4) is 0 Å². The van der Waals surface area contributed by atoms with Gasteiger partial charge < -0.3 is 25.1 Å². The molecule has 3 aromatic rings. The summed E-state index contributed by atoms with van der Waals surface area (Å²) in [6, 6.07) is 13.0. The second-order valence-corrected chi connectivity index (χ2v) is 15.9. The fourth-order valence-electron chi connectivity index (χ4n) is 6.37. The van der Waals surface area contributed by atoms with Gasteiger partial charge in [0, 0.05) is 42.0 Å². The normalized spacial score (nSPS) is 19.3. The van der Waals surface area contributed by atoms with Crippen molar-refractivity contribution in [3.8, 4) is 11.3 Å². The number of rotatable bonds is 7. The Hall–Kier alpha value is -4.47. The summed E-state index contributed by atoms with van der Waals surface area (Å²) in [6.07, 6.45) is 1.80. The van der Waals surface area contributed by atoms with Crippen molar-refractivity contribution in [3.63, 3.8) is 0 Å². The maximum atomic E-state index is 14.2. The van der Waals surface area contributed by atoms with Gasteiger partial charge in [-0.15, -0.1) is 0 Å². The number of carbonyl (C=O) groups is 3. The predicted octanol–water partition coefficient (Wildman–Crippen LogP) is 5.42. The molecular formula is C34H42ClN7O7S. The molecule has 2 aliphatic heterocycles. The van der Waals surface area contributed by atoms with Gasteiger partial charge in [0.15, 0.2) is 0 Å². The molecule has 2 fully saturated rings. The first-order valence-corrected chi connectivity index (χ1v) is 18.4. The largest absolute Gasteiger partial charge is 0.453 e. The maximum absolute atomic E-state index is 14.2. The molecule has 0 bridgehead atoms. The lowest BCUT2D eigenvalue weighted by Gasteiger charge is -2.33. The Bertz CT molecular complexity index is 1860. The summed E-state index contributed by atoms with van der Waals surface area (Å²) in [7, 11) is -2.00. The van der Waals surface area contributed by atoms with Crippen LogP contribution >= 0.6 is 11.6 Å². The molecule has 2 saturated heterocycles. The fraction of sp³-hybridized carbons (Fsp3) is 0.441. The van der Waals surface area contributed by atoms with Crippen molar-refractivity contribution in [2.75, 3.05) is 38.3 Å². The Morgan fingerprint density at radius 3 is 2.22 bits per heavy atom. The molecule has 0 saturated carbocycles.